The van der Waals surface area contributed by atoms with Crippen molar-refractivity contribution in [3.63, 3.8) is 0 Å². The molecule has 3 rings (SSSR count). The molecule has 2 fully saturated rings. The number of nitrogens with zero attached hydrogens (tertiary/aromatic N) is 1. The molecule has 27 heavy (non-hydrogen) atoms. The number of H-pyrrole nitrogens is 1. The molecular weight excluding hydrogens is 346 g/mol. The monoisotopic (exact) mass is 375 g/mol. The number of methoxy groups -OCH3 is 1. The maximum absolute atomic E-state index is 13.5. The minimum Gasteiger partial charge on any atom is -0.467 e. The second-order valence-electron chi connectivity index (χ2n) is 9.30. The summed E-state index contributed by atoms with van der Waals surface area (Å²) in [6.45, 7) is 10.8. The lowest BCUT2D eigenvalue weighted by Gasteiger charge is -2.37. The highest BCUT2D eigenvalue weighted by Gasteiger charge is 2.70. The van der Waals surface area contributed by atoms with Crippen molar-refractivity contribution in [2.75, 3.05) is 19.0 Å². The van der Waals surface area contributed by atoms with Crippen LogP contribution in [-0.2, 0) is 14.3 Å². The fourth-order valence-electron chi connectivity index (χ4n) is 4.38. The van der Waals surface area contributed by atoms with Crippen LogP contribution in [0.3, 0.4) is 0 Å². The van der Waals surface area contributed by atoms with E-state index in [0.29, 0.717) is 18.2 Å². The van der Waals surface area contributed by atoms with Gasteiger partial charge >= 0.3 is 5.97 Å². The predicted octanol–water partition coefficient (Wildman–Crippen LogP) is 1.86. The quantitative estimate of drug-likeness (QED) is 0.784. The first kappa shape index (κ1) is 19.5. The second kappa shape index (κ2) is 6.39. The third-order valence-corrected chi connectivity index (χ3v) is 6.14. The Morgan fingerprint density at radius 2 is 2.00 bits per heavy atom. The number of carbonyl (C=O) groups is 2. The van der Waals surface area contributed by atoms with Crippen LogP contribution in [-0.4, -0.2) is 47.5 Å². The first-order valence-corrected chi connectivity index (χ1v) is 9.32. The highest BCUT2D eigenvalue weighted by atomic mass is 16.5. The zero-order valence-corrected chi connectivity index (χ0v) is 16.8. The largest absolute Gasteiger partial charge is 0.467 e. The number of aromatic nitrogens is 1. The molecule has 0 radical (unpaired) electrons. The number of nitrogens with one attached hydrogen (secondary N) is 2. The maximum atomic E-state index is 13.5. The van der Waals surface area contributed by atoms with Crippen LogP contribution in [0.2, 0.25) is 0 Å². The molecule has 1 amide bonds. The van der Waals surface area contributed by atoms with Gasteiger partial charge in [0.2, 0.25) is 11.5 Å². The van der Waals surface area contributed by atoms with E-state index in [4.69, 9.17) is 4.74 Å². The van der Waals surface area contributed by atoms with Gasteiger partial charge in [-0.1, -0.05) is 34.6 Å². The van der Waals surface area contributed by atoms with Crippen molar-refractivity contribution < 1.29 is 14.3 Å². The van der Waals surface area contributed by atoms with Gasteiger partial charge in [-0.3, -0.25) is 9.59 Å². The summed E-state index contributed by atoms with van der Waals surface area (Å²) in [5.74, 6) is -0.00734. The van der Waals surface area contributed by atoms with E-state index < -0.39 is 17.5 Å². The standard InChI is InChI=1S/C20H29N3O4/c1-19(2,3)16(22-11-7-8-13(24)21-9-11)17(25)23-10-12-14(20(12,4)5)15(23)18(26)27-6/h7-9,12,14-16,22H,10H2,1-6H3,(H,21,24)/t12-,14-,15-,16+/m0/s1. The van der Waals surface area contributed by atoms with E-state index in [1.807, 2.05) is 20.8 Å². The van der Waals surface area contributed by atoms with E-state index in [1.54, 1.807) is 17.2 Å². The third-order valence-electron chi connectivity index (χ3n) is 6.14. The number of likely N-dealkylation sites (tertiary alicyclic amines) is 1. The van der Waals surface area contributed by atoms with Crippen LogP contribution in [0.25, 0.3) is 0 Å². The average Bonchev–Trinajstić information content (AvgIpc) is 2.95. The summed E-state index contributed by atoms with van der Waals surface area (Å²) in [7, 11) is 1.37. The predicted molar refractivity (Wildman–Crippen MR) is 102 cm³/mol. The molecule has 2 aliphatic rings. The van der Waals surface area contributed by atoms with Gasteiger partial charge < -0.3 is 19.9 Å². The SMILES string of the molecule is COC(=O)[C@@H]1[C@@H]2[C@H](CN1C(=O)[C@@H](Nc1ccc(=O)[nH]c1)C(C)(C)C)C2(C)C. The summed E-state index contributed by atoms with van der Waals surface area (Å²) >= 11 is 0. The second-order valence-corrected chi connectivity index (χ2v) is 9.30. The molecule has 0 aromatic carbocycles. The summed E-state index contributed by atoms with van der Waals surface area (Å²) < 4.78 is 5.01. The molecule has 1 saturated heterocycles. The fourth-order valence-corrected chi connectivity index (χ4v) is 4.38. The number of rotatable bonds is 4. The fraction of sp³-hybridized carbons (Fsp3) is 0.650. The molecule has 1 aromatic rings. The third kappa shape index (κ3) is 3.35. The molecule has 1 aliphatic heterocycles. The topological polar surface area (TPSA) is 91.5 Å². The molecule has 1 aliphatic carbocycles. The Hall–Kier alpha value is -2.31. The molecule has 0 unspecified atom stereocenters. The normalized spacial score (nSPS) is 26.9. The van der Waals surface area contributed by atoms with Gasteiger partial charge in [0.15, 0.2) is 0 Å². The van der Waals surface area contributed by atoms with Crippen LogP contribution in [0.5, 0.6) is 0 Å². The lowest BCUT2D eigenvalue weighted by molar-refractivity contribution is -0.154. The molecule has 1 aromatic heterocycles. The number of esters is 1. The minimum atomic E-state index is -0.545. The Kier molecular flexibility index (Phi) is 4.60. The molecule has 7 nitrogen and oxygen atoms in total. The van der Waals surface area contributed by atoms with Crippen LogP contribution in [0.15, 0.2) is 23.1 Å². The summed E-state index contributed by atoms with van der Waals surface area (Å²) in [6, 6.07) is 1.98. The van der Waals surface area contributed by atoms with Gasteiger partial charge in [-0.05, 0) is 22.8 Å². The number of pyridine rings is 1. The average molecular weight is 375 g/mol. The van der Waals surface area contributed by atoms with Gasteiger partial charge in [-0.25, -0.2) is 4.79 Å². The number of ether oxygens (including phenoxy) is 1. The Morgan fingerprint density at radius 3 is 2.52 bits per heavy atom. The highest BCUT2D eigenvalue weighted by Crippen LogP contribution is 2.65. The van der Waals surface area contributed by atoms with Gasteiger partial charge in [0.25, 0.3) is 0 Å². The Morgan fingerprint density at radius 1 is 1.33 bits per heavy atom. The van der Waals surface area contributed by atoms with E-state index in [-0.39, 0.29) is 28.8 Å². The number of hydrogen-bond donors (Lipinski definition) is 2. The number of amides is 1. The van der Waals surface area contributed by atoms with E-state index in [2.05, 4.69) is 24.1 Å². The van der Waals surface area contributed by atoms with Crippen molar-refractivity contribution in [1.82, 2.24) is 9.88 Å². The van der Waals surface area contributed by atoms with Gasteiger partial charge in [0, 0.05) is 24.7 Å². The van der Waals surface area contributed by atoms with Crippen molar-refractivity contribution in [3.8, 4) is 0 Å². The van der Waals surface area contributed by atoms with Crippen LogP contribution < -0.4 is 10.9 Å². The van der Waals surface area contributed by atoms with Crippen molar-refractivity contribution >= 4 is 17.6 Å². The van der Waals surface area contributed by atoms with Gasteiger partial charge in [0.05, 0.1) is 12.8 Å². The summed E-state index contributed by atoms with van der Waals surface area (Å²) in [6.07, 6.45) is 1.55. The van der Waals surface area contributed by atoms with Crippen LogP contribution in [0.1, 0.15) is 34.6 Å². The van der Waals surface area contributed by atoms with Gasteiger partial charge in [-0.15, -0.1) is 0 Å². The molecule has 7 heteroatoms. The smallest absolute Gasteiger partial charge is 0.328 e. The number of carbonyl (C=O) groups excluding carboxylic acids is 2. The van der Waals surface area contributed by atoms with Crippen LogP contribution in [0, 0.1) is 22.7 Å². The van der Waals surface area contributed by atoms with Gasteiger partial charge in [0.1, 0.15) is 12.1 Å². The zero-order chi connectivity index (χ0) is 20.1. The Labute approximate surface area is 159 Å². The molecule has 0 spiro atoms. The molecule has 2 N–H and O–H groups in total. The lowest BCUT2D eigenvalue weighted by Crippen LogP contribution is -2.54. The van der Waals surface area contributed by atoms with Crippen LogP contribution in [0.4, 0.5) is 5.69 Å². The number of anilines is 1. The molecule has 2 heterocycles. The molecule has 148 valence electrons. The molecule has 4 atom stereocenters. The first-order chi connectivity index (χ1) is 12.5. The molecule has 1 saturated carbocycles. The Balaban J connectivity index is 1.86. The number of fused-ring (bicyclic) bond motifs is 1. The van der Waals surface area contributed by atoms with Gasteiger partial charge in [-0.2, -0.15) is 0 Å². The molecular formula is C20H29N3O4. The number of hydrogen-bond acceptors (Lipinski definition) is 5. The van der Waals surface area contributed by atoms with Crippen molar-refractivity contribution in [3.05, 3.63) is 28.7 Å². The Bertz CT molecular complexity index is 788. The summed E-state index contributed by atoms with van der Waals surface area (Å²) in [5.41, 5.74) is 0.115. The van der Waals surface area contributed by atoms with Crippen molar-refractivity contribution in [2.24, 2.45) is 22.7 Å². The minimum absolute atomic E-state index is 0.0548. The van der Waals surface area contributed by atoms with E-state index >= 15 is 0 Å². The number of piperidine rings is 1. The van der Waals surface area contributed by atoms with E-state index in [0.717, 1.165) is 0 Å². The van der Waals surface area contributed by atoms with Crippen molar-refractivity contribution in [1.29, 1.82) is 0 Å². The first-order valence-electron chi connectivity index (χ1n) is 9.32. The molecule has 0 bridgehead atoms. The highest BCUT2D eigenvalue weighted by molar-refractivity contribution is 5.91. The summed E-state index contributed by atoms with van der Waals surface area (Å²) in [4.78, 5) is 41.5. The maximum Gasteiger partial charge on any atom is 0.328 e. The van der Waals surface area contributed by atoms with E-state index in [1.165, 1.54) is 13.2 Å². The van der Waals surface area contributed by atoms with E-state index in [9.17, 15) is 14.4 Å². The summed E-state index contributed by atoms with van der Waals surface area (Å²) in [5, 5.41) is 3.24. The van der Waals surface area contributed by atoms with Crippen molar-refractivity contribution in [2.45, 2.75) is 46.7 Å². The lowest BCUT2D eigenvalue weighted by atomic mass is 9.85. The number of aromatic amines is 1. The van der Waals surface area contributed by atoms with Crippen LogP contribution >= 0.6 is 0 Å². The zero-order valence-electron chi connectivity index (χ0n) is 16.8.